The van der Waals surface area contributed by atoms with Crippen molar-refractivity contribution in [1.82, 2.24) is 25.0 Å². The molecule has 3 heterocycles. The Morgan fingerprint density at radius 2 is 2.00 bits per heavy atom. The molecular weight excluding hydrogens is 361 g/mol. The first kappa shape index (κ1) is 21.7. The Kier molecular flexibility index (Phi) is 7.23. The van der Waals surface area contributed by atoms with Crippen LogP contribution in [0.3, 0.4) is 0 Å². The second kappa shape index (κ2) is 8.34. The Hall–Kier alpha value is -1.37. The van der Waals surface area contributed by atoms with Crippen molar-refractivity contribution in [3.63, 3.8) is 0 Å². The summed E-state index contributed by atoms with van der Waals surface area (Å²) >= 11 is 0. The second-order valence-corrected chi connectivity index (χ2v) is 6.70. The summed E-state index contributed by atoms with van der Waals surface area (Å²) in [5.41, 5.74) is 2.29. The zero-order chi connectivity index (χ0) is 16.7. The molecule has 1 N–H and O–H groups in total. The first-order valence-corrected chi connectivity index (χ1v) is 8.29. The van der Waals surface area contributed by atoms with Gasteiger partial charge in [0.25, 0.3) is 5.91 Å². The quantitative estimate of drug-likeness (QED) is 0.859. The molecule has 2 aromatic rings. The van der Waals surface area contributed by atoms with Gasteiger partial charge in [-0.25, -0.2) is 9.67 Å². The van der Waals surface area contributed by atoms with Gasteiger partial charge in [0, 0.05) is 36.6 Å². The molecule has 0 aromatic carbocycles. The van der Waals surface area contributed by atoms with Crippen LogP contribution in [0.15, 0.2) is 12.3 Å². The maximum absolute atomic E-state index is 13.0. The van der Waals surface area contributed by atoms with Crippen LogP contribution in [-0.2, 0) is 0 Å². The first-order valence-electron chi connectivity index (χ1n) is 8.29. The summed E-state index contributed by atoms with van der Waals surface area (Å²) in [7, 11) is 0. The molecule has 6 nitrogen and oxygen atoms in total. The molecule has 8 heteroatoms. The van der Waals surface area contributed by atoms with E-state index in [0.717, 1.165) is 29.8 Å². The van der Waals surface area contributed by atoms with Crippen LogP contribution < -0.4 is 5.32 Å². The lowest BCUT2D eigenvalue weighted by Gasteiger charge is -2.38. The predicted molar refractivity (Wildman–Crippen MR) is 105 cm³/mol. The molecule has 1 aliphatic rings. The van der Waals surface area contributed by atoms with Gasteiger partial charge in [0.15, 0.2) is 5.65 Å². The van der Waals surface area contributed by atoms with Crippen molar-refractivity contribution in [3.05, 3.63) is 23.5 Å². The van der Waals surface area contributed by atoms with E-state index in [1.807, 2.05) is 22.6 Å². The largest absolute Gasteiger partial charge is 0.333 e. The highest BCUT2D eigenvalue weighted by atomic mass is 35.5. The van der Waals surface area contributed by atoms with Crippen molar-refractivity contribution in [2.75, 3.05) is 13.1 Å². The molecule has 1 amide bonds. The number of carbonyl (C=O) groups is 1. The normalized spacial score (nSPS) is 20.3. The van der Waals surface area contributed by atoms with Gasteiger partial charge in [-0.15, -0.1) is 24.8 Å². The maximum Gasteiger partial charge on any atom is 0.256 e. The number of fused-ring (bicyclic) bond motifs is 1. The number of pyridine rings is 1. The molecular formula is C17H27Cl2N5O. The van der Waals surface area contributed by atoms with Crippen molar-refractivity contribution >= 4 is 41.8 Å². The summed E-state index contributed by atoms with van der Waals surface area (Å²) in [6.07, 6.45) is 1.79. The number of piperazine rings is 1. The molecule has 1 aliphatic heterocycles. The maximum atomic E-state index is 13.0. The fourth-order valence-electron chi connectivity index (χ4n) is 3.16. The van der Waals surface area contributed by atoms with Crippen molar-refractivity contribution in [3.8, 4) is 0 Å². The first-order chi connectivity index (χ1) is 10.9. The number of hydrogen-bond donors (Lipinski definition) is 1. The number of nitrogens with zero attached hydrogens (tertiary/aromatic N) is 4. The van der Waals surface area contributed by atoms with Gasteiger partial charge in [-0.2, -0.15) is 5.10 Å². The Morgan fingerprint density at radius 1 is 1.32 bits per heavy atom. The topological polar surface area (TPSA) is 63.1 Å². The molecule has 0 radical (unpaired) electrons. The van der Waals surface area contributed by atoms with Gasteiger partial charge in [-0.3, -0.25) is 4.79 Å². The number of carbonyl (C=O) groups excluding carboxylic acids is 1. The number of hydrogen-bond acceptors (Lipinski definition) is 4. The molecule has 0 bridgehead atoms. The standard InChI is InChI=1S/C17H25N5O.2ClH/c1-10(2)22-16-14(9-19-22)8-15(12(4)20-16)17(23)21-7-6-18-11(3)13(21)5;;/h8-11,13,18H,6-7H2,1-5H3;2*1H. The minimum absolute atomic E-state index is 0. The van der Waals surface area contributed by atoms with Gasteiger partial charge in [0.05, 0.1) is 17.5 Å². The lowest BCUT2D eigenvalue weighted by Crippen LogP contribution is -2.57. The molecule has 0 aliphatic carbocycles. The third kappa shape index (κ3) is 3.91. The molecule has 25 heavy (non-hydrogen) atoms. The van der Waals surface area contributed by atoms with Crippen LogP contribution in [0.1, 0.15) is 49.8 Å². The molecule has 2 atom stereocenters. The minimum atomic E-state index is 0. The molecule has 140 valence electrons. The average Bonchev–Trinajstić information content (AvgIpc) is 2.91. The van der Waals surface area contributed by atoms with Crippen LogP contribution >= 0.6 is 24.8 Å². The highest BCUT2D eigenvalue weighted by Gasteiger charge is 2.30. The van der Waals surface area contributed by atoms with Gasteiger partial charge in [-0.1, -0.05) is 0 Å². The predicted octanol–water partition coefficient (Wildman–Crippen LogP) is 2.99. The summed E-state index contributed by atoms with van der Waals surface area (Å²) in [6.45, 7) is 11.8. The molecule has 3 rings (SSSR count). The van der Waals surface area contributed by atoms with E-state index in [1.54, 1.807) is 6.20 Å². The van der Waals surface area contributed by atoms with Gasteiger partial charge < -0.3 is 10.2 Å². The van der Waals surface area contributed by atoms with E-state index in [9.17, 15) is 4.79 Å². The smallest absolute Gasteiger partial charge is 0.256 e. The molecule has 2 unspecified atom stereocenters. The highest BCUT2D eigenvalue weighted by Crippen LogP contribution is 2.22. The van der Waals surface area contributed by atoms with E-state index in [-0.39, 0.29) is 42.8 Å². The molecule has 2 aromatic heterocycles. The number of halogens is 2. The van der Waals surface area contributed by atoms with E-state index >= 15 is 0 Å². The second-order valence-electron chi connectivity index (χ2n) is 6.70. The zero-order valence-electron chi connectivity index (χ0n) is 15.3. The van der Waals surface area contributed by atoms with Gasteiger partial charge in [0.2, 0.25) is 0 Å². The van der Waals surface area contributed by atoms with Crippen LogP contribution in [0.25, 0.3) is 11.0 Å². The van der Waals surface area contributed by atoms with Crippen LogP contribution in [0, 0.1) is 6.92 Å². The zero-order valence-corrected chi connectivity index (χ0v) is 16.9. The summed E-state index contributed by atoms with van der Waals surface area (Å²) < 4.78 is 1.89. The van der Waals surface area contributed by atoms with Crippen LogP contribution in [0.4, 0.5) is 0 Å². The van der Waals surface area contributed by atoms with Gasteiger partial charge in [0.1, 0.15) is 0 Å². The Bertz CT molecular complexity index is 746. The summed E-state index contributed by atoms with van der Waals surface area (Å²) in [5, 5.41) is 8.72. The summed E-state index contributed by atoms with van der Waals surface area (Å²) in [4.78, 5) is 19.6. The van der Waals surface area contributed by atoms with Crippen molar-refractivity contribution < 1.29 is 4.79 Å². The molecule has 1 saturated heterocycles. The number of aromatic nitrogens is 3. The monoisotopic (exact) mass is 387 g/mol. The van der Waals surface area contributed by atoms with Crippen molar-refractivity contribution in [1.29, 1.82) is 0 Å². The number of amides is 1. The number of aryl methyl sites for hydroxylation is 1. The van der Waals surface area contributed by atoms with Crippen LogP contribution in [0.2, 0.25) is 0 Å². The van der Waals surface area contributed by atoms with Crippen LogP contribution in [0.5, 0.6) is 0 Å². The van der Waals surface area contributed by atoms with E-state index < -0.39 is 0 Å². The van der Waals surface area contributed by atoms with E-state index in [1.165, 1.54) is 0 Å². The van der Waals surface area contributed by atoms with Crippen LogP contribution in [-0.4, -0.2) is 50.7 Å². The summed E-state index contributed by atoms with van der Waals surface area (Å²) in [5.74, 6) is 0.0649. The van der Waals surface area contributed by atoms with Crippen molar-refractivity contribution in [2.24, 2.45) is 0 Å². The number of rotatable bonds is 2. The Balaban J connectivity index is 0.00000156. The minimum Gasteiger partial charge on any atom is -0.333 e. The Labute approximate surface area is 161 Å². The SMILES string of the molecule is Cc1nc2c(cnn2C(C)C)cc1C(=O)N1CCNC(C)C1C.Cl.Cl. The summed E-state index contributed by atoms with van der Waals surface area (Å²) in [6, 6.07) is 2.65. The highest BCUT2D eigenvalue weighted by molar-refractivity contribution is 5.98. The fourth-order valence-corrected chi connectivity index (χ4v) is 3.16. The molecule has 0 spiro atoms. The Morgan fingerprint density at radius 3 is 2.64 bits per heavy atom. The van der Waals surface area contributed by atoms with Crippen molar-refractivity contribution in [2.45, 2.75) is 52.7 Å². The van der Waals surface area contributed by atoms with Gasteiger partial charge >= 0.3 is 0 Å². The third-order valence-corrected chi connectivity index (χ3v) is 4.77. The molecule has 0 saturated carbocycles. The fraction of sp³-hybridized carbons (Fsp3) is 0.588. The lowest BCUT2D eigenvalue weighted by atomic mass is 10.0. The number of nitrogens with one attached hydrogen (secondary N) is 1. The van der Waals surface area contributed by atoms with Gasteiger partial charge in [-0.05, 0) is 40.7 Å². The third-order valence-electron chi connectivity index (χ3n) is 4.77. The van der Waals surface area contributed by atoms with E-state index in [2.05, 4.69) is 43.1 Å². The lowest BCUT2D eigenvalue weighted by molar-refractivity contribution is 0.0602. The van der Waals surface area contributed by atoms with E-state index in [0.29, 0.717) is 11.6 Å². The molecule has 1 fully saturated rings. The van der Waals surface area contributed by atoms with E-state index in [4.69, 9.17) is 0 Å². The average molecular weight is 388 g/mol.